The molecule has 0 aliphatic carbocycles. The largest absolute Gasteiger partial charge is 0.494 e. The summed E-state index contributed by atoms with van der Waals surface area (Å²) in [4.78, 5) is 24.7. The van der Waals surface area contributed by atoms with Crippen LogP contribution in [0.15, 0.2) is 77.9 Å². The van der Waals surface area contributed by atoms with Gasteiger partial charge in [-0.05, 0) is 48.7 Å². The minimum atomic E-state index is -0.0528. The fourth-order valence-corrected chi connectivity index (χ4v) is 3.73. The molecule has 0 fully saturated rings. The number of aryl methyl sites for hydroxylation is 1. The lowest BCUT2D eigenvalue weighted by Crippen LogP contribution is -2.33. The average Bonchev–Trinajstić information content (AvgIpc) is 2.83. The van der Waals surface area contributed by atoms with Crippen LogP contribution in [0.4, 0.5) is 5.95 Å². The van der Waals surface area contributed by atoms with Gasteiger partial charge in [0.1, 0.15) is 11.3 Å². The number of aromatic nitrogens is 3. The van der Waals surface area contributed by atoms with Crippen molar-refractivity contribution in [1.29, 1.82) is 0 Å². The van der Waals surface area contributed by atoms with Gasteiger partial charge in [-0.15, -0.1) is 0 Å². The molecule has 2 heterocycles. The van der Waals surface area contributed by atoms with Crippen molar-refractivity contribution in [2.45, 2.75) is 26.4 Å². The van der Waals surface area contributed by atoms with E-state index in [2.05, 4.69) is 28.9 Å². The third-order valence-electron chi connectivity index (χ3n) is 5.40. The molecule has 0 amide bonds. The molecule has 31 heavy (non-hydrogen) atoms. The molecular weight excluding hydrogens is 388 g/mol. The summed E-state index contributed by atoms with van der Waals surface area (Å²) in [7, 11) is 1.60. The highest BCUT2D eigenvalue weighted by molar-refractivity contribution is 5.84. The number of methoxy groups -OCH3 is 1. The number of nitrogens with zero attached hydrogens (tertiary/aromatic N) is 4. The number of pyridine rings is 1. The summed E-state index contributed by atoms with van der Waals surface area (Å²) in [6, 6.07) is 19.6. The number of hydrogen-bond donors (Lipinski definition) is 0. The van der Waals surface area contributed by atoms with Crippen molar-refractivity contribution in [3.63, 3.8) is 0 Å². The van der Waals surface area contributed by atoms with Crippen LogP contribution < -0.4 is 15.2 Å². The SMILES string of the molecule is CCN(Cc1ccncc1)c1nc2c(OC)cccc2c(=O)n1CCc1ccccc1. The minimum Gasteiger partial charge on any atom is -0.494 e. The summed E-state index contributed by atoms with van der Waals surface area (Å²) < 4.78 is 7.29. The molecule has 4 rings (SSSR count). The molecule has 0 aliphatic heterocycles. The van der Waals surface area contributed by atoms with E-state index >= 15 is 0 Å². The van der Waals surface area contributed by atoms with Crippen molar-refractivity contribution in [2.75, 3.05) is 18.6 Å². The second-order valence-corrected chi connectivity index (χ2v) is 7.33. The number of hydrogen-bond acceptors (Lipinski definition) is 5. The standard InChI is InChI=1S/C25H26N4O2/c1-3-28(18-20-12-15-26-16-13-20)25-27-23-21(10-7-11-22(23)31-2)24(30)29(25)17-14-19-8-5-4-6-9-19/h4-13,15-16H,3,14,17-18H2,1-2H3. The highest BCUT2D eigenvalue weighted by Gasteiger charge is 2.18. The van der Waals surface area contributed by atoms with Crippen LogP contribution in [-0.2, 0) is 19.5 Å². The zero-order chi connectivity index (χ0) is 21.6. The zero-order valence-corrected chi connectivity index (χ0v) is 17.9. The Morgan fingerprint density at radius 3 is 2.45 bits per heavy atom. The molecule has 0 bridgehead atoms. The van der Waals surface area contributed by atoms with Crippen LogP contribution in [0.2, 0.25) is 0 Å². The van der Waals surface area contributed by atoms with Crippen molar-refractivity contribution < 1.29 is 4.74 Å². The molecule has 0 aliphatic rings. The molecule has 0 N–H and O–H groups in total. The number of rotatable bonds is 8. The number of para-hydroxylation sites is 1. The van der Waals surface area contributed by atoms with E-state index in [4.69, 9.17) is 9.72 Å². The second kappa shape index (κ2) is 9.43. The van der Waals surface area contributed by atoms with Gasteiger partial charge in [-0.1, -0.05) is 36.4 Å². The number of ether oxygens (including phenoxy) is 1. The Hall–Kier alpha value is -3.67. The van der Waals surface area contributed by atoms with Gasteiger partial charge >= 0.3 is 0 Å². The van der Waals surface area contributed by atoms with Crippen molar-refractivity contribution >= 4 is 16.9 Å². The van der Waals surface area contributed by atoms with Gasteiger partial charge in [0.15, 0.2) is 0 Å². The van der Waals surface area contributed by atoms with Crippen molar-refractivity contribution in [2.24, 2.45) is 0 Å². The number of anilines is 1. The van der Waals surface area contributed by atoms with Gasteiger partial charge in [0.05, 0.1) is 12.5 Å². The lowest BCUT2D eigenvalue weighted by atomic mass is 10.1. The Kier molecular flexibility index (Phi) is 6.26. The summed E-state index contributed by atoms with van der Waals surface area (Å²) in [6.45, 7) is 3.96. The van der Waals surface area contributed by atoms with Gasteiger partial charge < -0.3 is 9.64 Å². The highest BCUT2D eigenvalue weighted by atomic mass is 16.5. The van der Waals surface area contributed by atoms with E-state index in [1.807, 2.05) is 48.5 Å². The summed E-state index contributed by atoms with van der Waals surface area (Å²) in [5.74, 6) is 1.25. The van der Waals surface area contributed by atoms with Crippen molar-refractivity contribution in [3.8, 4) is 5.75 Å². The minimum absolute atomic E-state index is 0.0528. The van der Waals surface area contributed by atoms with E-state index in [-0.39, 0.29) is 5.56 Å². The molecule has 2 aromatic carbocycles. The Balaban J connectivity index is 1.82. The first kappa shape index (κ1) is 20.6. The molecule has 2 aromatic heterocycles. The summed E-state index contributed by atoms with van der Waals surface area (Å²) >= 11 is 0. The van der Waals surface area contributed by atoms with Gasteiger partial charge in [0.25, 0.3) is 5.56 Å². The Morgan fingerprint density at radius 2 is 1.74 bits per heavy atom. The maximum Gasteiger partial charge on any atom is 0.262 e. The van der Waals surface area contributed by atoms with Gasteiger partial charge in [0, 0.05) is 32.0 Å². The topological polar surface area (TPSA) is 60.2 Å². The molecular formula is C25H26N4O2. The van der Waals surface area contributed by atoms with Gasteiger partial charge in [-0.2, -0.15) is 0 Å². The first-order valence-electron chi connectivity index (χ1n) is 10.5. The van der Waals surface area contributed by atoms with Crippen LogP contribution in [0.25, 0.3) is 10.9 Å². The third-order valence-corrected chi connectivity index (χ3v) is 5.40. The molecule has 0 spiro atoms. The van der Waals surface area contributed by atoms with E-state index in [0.29, 0.717) is 42.2 Å². The van der Waals surface area contributed by atoms with Gasteiger partial charge in [-0.3, -0.25) is 14.3 Å². The predicted octanol–water partition coefficient (Wildman–Crippen LogP) is 4.07. The lowest BCUT2D eigenvalue weighted by Gasteiger charge is -2.26. The highest BCUT2D eigenvalue weighted by Crippen LogP contribution is 2.25. The van der Waals surface area contributed by atoms with E-state index in [1.165, 1.54) is 5.56 Å². The third kappa shape index (κ3) is 4.43. The van der Waals surface area contributed by atoms with Crippen molar-refractivity contribution in [1.82, 2.24) is 14.5 Å². The number of fused-ring (bicyclic) bond motifs is 1. The molecule has 0 saturated carbocycles. The van der Waals surface area contributed by atoms with Crippen LogP contribution in [0.5, 0.6) is 5.75 Å². The predicted molar refractivity (Wildman–Crippen MR) is 124 cm³/mol. The maximum atomic E-state index is 13.5. The zero-order valence-electron chi connectivity index (χ0n) is 17.9. The van der Waals surface area contributed by atoms with Crippen LogP contribution in [-0.4, -0.2) is 28.2 Å². The van der Waals surface area contributed by atoms with Crippen LogP contribution in [0.1, 0.15) is 18.1 Å². The summed E-state index contributed by atoms with van der Waals surface area (Å²) in [6.07, 6.45) is 4.31. The Morgan fingerprint density at radius 1 is 0.968 bits per heavy atom. The molecule has 0 radical (unpaired) electrons. The lowest BCUT2D eigenvalue weighted by molar-refractivity contribution is 0.418. The van der Waals surface area contributed by atoms with Gasteiger partial charge in [-0.25, -0.2) is 4.98 Å². The number of benzene rings is 2. The molecule has 6 nitrogen and oxygen atoms in total. The van der Waals surface area contributed by atoms with Crippen LogP contribution in [0, 0.1) is 0 Å². The van der Waals surface area contributed by atoms with Crippen LogP contribution >= 0.6 is 0 Å². The van der Waals surface area contributed by atoms with E-state index < -0.39 is 0 Å². The molecule has 4 aromatic rings. The molecule has 0 saturated heterocycles. The van der Waals surface area contributed by atoms with E-state index in [1.54, 1.807) is 24.1 Å². The van der Waals surface area contributed by atoms with E-state index in [9.17, 15) is 4.79 Å². The summed E-state index contributed by atoms with van der Waals surface area (Å²) in [5, 5.41) is 0.566. The quantitative estimate of drug-likeness (QED) is 0.435. The van der Waals surface area contributed by atoms with Gasteiger partial charge in [0.2, 0.25) is 5.95 Å². The fourth-order valence-electron chi connectivity index (χ4n) is 3.73. The smallest absolute Gasteiger partial charge is 0.262 e. The Labute approximate surface area is 181 Å². The summed E-state index contributed by atoms with van der Waals surface area (Å²) in [5.41, 5.74) is 2.83. The average molecular weight is 415 g/mol. The monoisotopic (exact) mass is 414 g/mol. The maximum absolute atomic E-state index is 13.5. The van der Waals surface area contributed by atoms with E-state index in [0.717, 1.165) is 12.0 Å². The molecule has 6 heteroatoms. The first-order chi connectivity index (χ1) is 15.2. The normalized spacial score (nSPS) is 10.9. The second-order valence-electron chi connectivity index (χ2n) is 7.33. The first-order valence-corrected chi connectivity index (χ1v) is 10.5. The van der Waals surface area contributed by atoms with Crippen molar-refractivity contribution in [3.05, 3.63) is 94.5 Å². The fraction of sp³-hybridized carbons (Fsp3) is 0.240. The Bertz CT molecular complexity index is 1210. The molecule has 158 valence electrons. The van der Waals surface area contributed by atoms with Crippen LogP contribution in [0.3, 0.4) is 0 Å². The molecule has 0 atom stereocenters. The molecule has 0 unspecified atom stereocenters.